The average Bonchev–Trinajstić information content (AvgIpc) is 2.29. The fraction of sp³-hybridized carbons (Fsp3) is 0.429. The molecular formula is C14H20F3N. The van der Waals surface area contributed by atoms with E-state index < -0.39 is 11.7 Å². The monoisotopic (exact) mass is 259 g/mol. The van der Waals surface area contributed by atoms with E-state index in [4.69, 9.17) is 0 Å². The molecule has 0 spiro atoms. The summed E-state index contributed by atoms with van der Waals surface area (Å²) >= 11 is 0. The van der Waals surface area contributed by atoms with Gasteiger partial charge in [-0.1, -0.05) is 19.9 Å². The van der Waals surface area contributed by atoms with Crippen LogP contribution in [0.15, 0.2) is 24.8 Å². The molecule has 1 aromatic rings. The Kier molecular flexibility index (Phi) is 6.52. The highest BCUT2D eigenvalue weighted by molar-refractivity contribution is 5.58. The van der Waals surface area contributed by atoms with E-state index in [9.17, 15) is 13.2 Å². The van der Waals surface area contributed by atoms with Crippen molar-refractivity contribution in [2.75, 3.05) is 11.9 Å². The van der Waals surface area contributed by atoms with E-state index in [0.717, 1.165) is 17.8 Å². The van der Waals surface area contributed by atoms with E-state index in [1.54, 1.807) is 19.9 Å². The molecule has 1 N–H and O–H groups in total. The van der Waals surface area contributed by atoms with Gasteiger partial charge in [0.25, 0.3) is 0 Å². The fourth-order valence-electron chi connectivity index (χ4n) is 1.58. The van der Waals surface area contributed by atoms with Crippen LogP contribution in [0.2, 0.25) is 0 Å². The molecule has 0 heterocycles. The van der Waals surface area contributed by atoms with E-state index >= 15 is 0 Å². The first kappa shape index (κ1) is 16.6. The van der Waals surface area contributed by atoms with Crippen molar-refractivity contribution in [2.45, 2.75) is 33.9 Å². The van der Waals surface area contributed by atoms with Crippen molar-refractivity contribution in [3.8, 4) is 0 Å². The van der Waals surface area contributed by atoms with Crippen molar-refractivity contribution in [3.63, 3.8) is 0 Å². The summed E-state index contributed by atoms with van der Waals surface area (Å²) in [6, 6.07) is 2.30. The summed E-state index contributed by atoms with van der Waals surface area (Å²) in [6.07, 6.45) is -2.62. The third-order valence-corrected chi connectivity index (χ3v) is 2.28. The molecule has 102 valence electrons. The van der Waals surface area contributed by atoms with Crippen LogP contribution in [-0.2, 0) is 6.18 Å². The quantitative estimate of drug-likeness (QED) is 0.757. The van der Waals surface area contributed by atoms with Crippen molar-refractivity contribution >= 4 is 5.69 Å². The predicted octanol–water partition coefficient (Wildman–Crippen LogP) is 4.95. The lowest BCUT2D eigenvalue weighted by molar-refractivity contribution is -0.137. The minimum absolute atomic E-state index is 0.535. The number of halogens is 3. The number of alkyl halides is 3. The van der Waals surface area contributed by atoms with Crippen LogP contribution in [0, 0.1) is 13.8 Å². The Morgan fingerprint density at radius 1 is 1.17 bits per heavy atom. The van der Waals surface area contributed by atoms with E-state index in [-0.39, 0.29) is 0 Å². The molecule has 0 aliphatic heterocycles. The Bertz CT molecular complexity index is 372. The minimum Gasteiger partial charge on any atom is -0.381 e. The molecule has 18 heavy (non-hydrogen) atoms. The van der Waals surface area contributed by atoms with Crippen LogP contribution < -0.4 is 5.32 Å². The van der Waals surface area contributed by atoms with Gasteiger partial charge in [0.15, 0.2) is 0 Å². The van der Waals surface area contributed by atoms with Crippen molar-refractivity contribution in [2.24, 2.45) is 0 Å². The van der Waals surface area contributed by atoms with Crippen molar-refractivity contribution < 1.29 is 13.2 Å². The molecule has 0 amide bonds. The van der Waals surface area contributed by atoms with Gasteiger partial charge in [-0.05, 0) is 37.1 Å². The van der Waals surface area contributed by atoms with Crippen LogP contribution in [0.3, 0.4) is 0 Å². The van der Waals surface area contributed by atoms with Gasteiger partial charge in [0.05, 0.1) is 5.56 Å². The lowest BCUT2D eigenvalue weighted by Gasteiger charge is -2.15. The molecule has 0 atom stereocenters. The molecule has 0 aliphatic carbocycles. The van der Waals surface area contributed by atoms with E-state index in [1.807, 2.05) is 13.8 Å². The normalized spacial score (nSPS) is 10.4. The van der Waals surface area contributed by atoms with Crippen LogP contribution in [-0.4, -0.2) is 6.54 Å². The largest absolute Gasteiger partial charge is 0.416 e. The number of aryl methyl sites for hydroxylation is 2. The topological polar surface area (TPSA) is 12.0 Å². The minimum atomic E-state index is -4.29. The Hall–Kier alpha value is -1.45. The molecule has 0 saturated heterocycles. The highest BCUT2D eigenvalue weighted by Crippen LogP contribution is 2.33. The Morgan fingerprint density at radius 2 is 1.61 bits per heavy atom. The van der Waals surface area contributed by atoms with Crippen LogP contribution in [0.1, 0.15) is 30.5 Å². The van der Waals surface area contributed by atoms with Crippen molar-refractivity contribution in [3.05, 3.63) is 41.5 Å². The summed E-state index contributed by atoms with van der Waals surface area (Å²) in [4.78, 5) is 0. The van der Waals surface area contributed by atoms with Gasteiger partial charge in [-0.15, -0.1) is 6.58 Å². The summed E-state index contributed by atoms with van der Waals surface area (Å²) in [7, 11) is 0. The van der Waals surface area contributed by atoms with Gasteiger partial charge in [0, 0.05) is 12.2 Å². The zero-order valence-electron chi connectivity index (χ0n) is 11.3. The van der Waals surface area contributed by atoms with Crippen LogP contribution in [0.25, 0.3) is 0 Å². The molecule has 0 radical (unpaired) electrons. The molecule has 1 nitrogen and oxygen atoms in total. The third kappa shape index (κ3) is 4.43. The maximum Gasteiger partial charge on any atom is 0.416 e. The second kappa shape index (κ2) is 7.09. The number of hydrogen-bond donors (Lipinski definition) is 1. The van der Waals surface area contributed by atoms with Crippen LogP contribution >= 0.6 is 0 Å². The maximum atomic E-state index is 12.5. The second-order valence-corrected chi connectivity index (χ2v) is 3.65. The zero-order chi connectivity index (χ0) is 14.3. The first-order valence-corrected chi connectivity index (χ1v) is 5.89. The molecule has 1 aromatic carbocycles. The van der Waals surface area contributed by atoms with Crippen LogP contribution in [0.4, 0.5) is 18.9 Å². The molecule has 0 bridgehead atoms. The van der Waals surface area contributed by atoms with Gasteiger partial charge in [-0.2, -0.15) is 13.2 Å². The number of hydrogen-bond acceptors (Lipinski definition) is 1. The molecular weight excluding hydrogens is 239 g/mol. The SMILES string of the molecule is C=CCNc1c(C)cc(C(F)(F)F)cc1C.CC. The van der Waals surface area contributed by atoms with Crippen molar-refractivity contribution in [1.29, 1.82) is 0 Å². The lowest BCUT2D eigenvalue weighted by atomic mass is 10.0. The van der Waals surface area contributed by atoms with Crippen LogP contribution in [0.5, 0.6) is 0 Å². The van der Waals surface area contributed by atoms with Gasteiger partial charge < -0.3 is 5.32 Å². The molecule has 0 saturated carbocycles. The number of nitrogens with one attached hydrogen (secondary N) is 1. The summed E-state index contributed by atoms with van der Waals surface area (Å²) in [5.41, 5.74) is 1.32. The summed E-state index contributed by atoms with van der Waals surface area (Å²) in [5.74, 6) is 0. The smallest absolute Gasteiger partial charge is 0.381 e. The Morgan fingerprint density at radius 3 is 1.94 bits per heavy atom. The average molecular weight is 259 g/mol. The lowest BCUT2D eigenvalue weighted by Crippen LogP contribution is -2.08. The fourth-order valence-corrected chi connectivity index (χ4v) is 1.58. The molecule has 0 fully saturated rings. The Balaban J connectivity index is 0.00000137. The number of anilines is 1. The molecule has 1 rings (SSSR count). The Labute approximate surface area is 107 Å². The summed E-state index contributed by atoms with van der Waals surface area (Å²) < 4.78 is 37.5. The predicted molar refractivity (Wildman–Crippen MR) is 71.0 cm³/mol. The van der Waals surface area contributed by atoms with Crippen molar-refractivity contribution in [1.82, 2.24) is 0 Å². The molecule has 0 aromatic heterocycles. The highest BCUT2D eigenvalue weighted by Gasteiger charge is 2.31. The summed E-state index contributed by atoms with van der Waals surface area (Å²) in [5, 5.41) is 3.02. The zero-order valence-corrected chi connectivity index (χ0v) is 11.3. The standard InChI is InChI=1S/C12H14F3N.C2H6/c1-4-5-16-11-8(2)6-10(7-9(11)3)12(13,14)15;1-2/h4,6-7,16H,1,5H2,2-3H3;1-2H3. The number of rotatable bonds is 3. The first-order chi connectivity index (χ1) is 8.36. The molecule has 0 unspecified atom stereocenters. The number of benzene rings is 1. The van der Waals surface area contributed by atoms with E-state index in [2.05, 4.69) is 11.9 Å². The van der Waals surface area contributed by atoms with Gasteiger partial charge in [0.1, 0.15) is 0 Å². The molecule has 0 aliphatic rings. The third-order valence-electron chi connectivity index (χ3n) is 2.28. The van der Waals surface area contributed by atoms with Gasteiger partial charge in [0.2, 0.25) is 0 Å². The second-order valence-electron chi connectivity index (χ2n) is 3.65. The highest BCUT2D eigenvalue weighted by atomic mass is 19.4. The summed E-state index contributed by atoms with van der Waals surface area (Å²) in [6.45, 7) is 11.4. The van der Waals surface area contributed by atoms with E-state index in [1.165, 1.54) is 0 Å². The van der Waals surface area contributed by atoms with Gasteiger partial charge >= 0.3 is 6.18 Å². The van der Waals surface area contributed by atoms with Gasteiger partial charge in [-0.25, -0.2) is 0 Å². The van der Waals surface area contributed by atoms with Gasteiger partial charge in [-0.3, -0.25) is 0 Å². The maximum absolute atomic E-state index is 12.5. The first-order valence-electron chi connectivity index (χ1n) is 5.89. The van der Waals surface area contributed by atoms with E-state index in [0.29, 0.717) is 17.7 Å². The molecule has 4 heteroatoms.